The van der Waals surface area contributed by atoms with Crippen LogP contribution in [0.5, 0.6) is 0 Å². The standard InChI is InChI=1S/C12H7BrFIN4/c13-10-11(16)8(14)5-9-12(10)18-19(17-9)7-3-1-2-6(15)4-7/h1-5H,16H2. The summed E-state index contributed by atoms with van der Waals surface area (Å²) in [5.41, 5.74) is 7.47. The Hall–Kier alpha value is -1.22. The van der Waals surface area contributed by atoms with Gasteiger partial charge >= 0.3 is 0 Å². The Balaban J connectivity index is 2.25. The zero-order chi connectivity index (χ0) is 13.6. The Morgan fingerprint density at radius 3 is 2.79 bits per heavy atom. The molecule has 3 aromatic rings. The molecule has 0 atom stereocenters. The smallest absolute Gasteiger partial charge is 0.149 e. The first-order chi connectivity index (χ1) is 9.06. The molecule has 0 bridgehead atoms. The summed E-state index contributed by atoms with van der Waals surface area (Å²) >= 11 is 5.46. The van der Waals surface area contributed by atoms with Crippen LogP contribution in [-0.2, 0) is 0 Å². The van der Waals surface area contributed by atoms with Gasteiger partial charge in [-0.15, -0.1) is 10.2 Å². The Labute approximate surface area is 130 Å². The maximum Gasteiger partial charge on any atom is 0.149 e. The van der Waals surface area contributed by atoms with E-state index in [4.69, 9.17) is 5.73 Å². The maximum atomic E-state index is 13.6. The number of hydrogen-bond donors (Lipinski definition) is 1. The quantitative estimate of drug-likeness (QED) is 0.473. The molecule has 0 aliphatic carbocycles. The van der Waals surface area contributed by atoms with Crippen molar-refractivity contribution in [2.24, 2.45) is 0 Å². The van der Waals surface area contributed by atoms with Crippen molar-refractivity contribution in [2.75, 3.05) is 5.73 Å². The molecule has 0 unspecified atom stereocenters. The summed E-state index contributed by atoms with van der Waals surface area (Å²) in [6, 6.07) is 8.99. The second-order valence-electron chi connectivity index (χ2n) is 3.92. The van der Waals surface area contributed by atoms with Crippen molar-refractivity contribution in [1.29, 1.82) is 0 Å². The Kier molecular flexibility index (Phi) is 3.17. The minimum atomic E-state index is -0.505. The molecule has 0 radical (unpaired) electrons. The fourth-order valence-electron chi connectivity index (χ4n) is 1.72. The highest BCUT2D eigenvalue weighted by molar-refractivity contribution is 14.1. The molecule has 0 fully saturated rings. The molecule has 19 heavy (non-hydrogen) atoms. The Morgan fingerprint density at radius 1 is 1.26 bits per heavy atom. The third-order valence-corrected chi connectivity index (χ3v) is 4.12. The fourth-order valence-corrected chi connectivity index (χ4v) is 2.72. The molecule has 1 aromatic heterocycles. The highest BCUT2D eigenvalue weighted by Crippen LogP contribution is 2.30. The highest BCUT2D eigenvalue weighted by atomic mass is 127. The van der Waals surface area contributed by atoms with E-state index in [9.17, 15) is 4.39 Å². The number of rotatable bonds is 1. The van der Waals surface area contributed by atoms with E-state index in [-0.39, 0.29) is 5.69 Å². The third-order valence-electron chi connectivity index (χ3n) is 2.64. The molecule has 4 nitrogen and oxygen atoms in total. The molecule has 96 valence electrons. The molecule has 2 aromatic carbocycles. The molecule has 1 heterocycles. The molecule has 7 heteroatoms. The normalized spacial score (nSPS) is 11.1. The van der Waals surface area contributed by atoms with Gasteiger partial charge < -0.3 is 5.73 Å². The van der Waals surface area contributed by atoms with Crippen LogP contribution in [0.25, 0.3) is 16.7 Å². The predicted molar refractivity (Wildman–Crippen MR) is 83.7 cm³/mol. The van der Waals surface area contributed by atoms with E-state index >= 15 is 0 Å². The minimum absolute atomic E-state index is 0.0437. The van der Waals surface area contributed by atoms with Gasteiger partial charge in [0.05, 0.1) is 15.8 Å². The number of nitrogens with zero attached hydrogens (tertiary/aromatic N) is 3. The van der Waals surface area contributed by atoms with Crippen molar-refractivity contribution >= 4 is 55.2 Å². The average molecular weight is 433 g/mol. The monoisotopic (exact) mass is 432 g/mol. The van der Waals surface area contributed by atoms with E-state index in [0.29, 0.717) is 15.5 Å². The van der Waals surface area contributed by atoms with E-state index < -0.39 is 5.82 Å². The maximum absolute atomic E-state index is 13.6. The van der Waals surface area contributed by atoms with Gasteiger partial charge in [0, 0.05) is 9.64 Å². The van der Waals surface area contributed by atoms with Gasteiger partial charge in [-0.25, -0.2) is 4.39 Å². The van der Waals surface area contributed by atoms with Gasteiger partial charge in [0.15, 0.2) is 0 Å². The first kappa shape index (κ1) is 12.8. The van der Waals surface area contributed by atoms with Crippen molar-refractivity contribution in [3.05, 3.63) is 44.2 Å². The number of hydrogen-bond acceptors (Lipinski definition) is 3. The van der Waals surface area contributed by atoms with Gasteiger partial charge in [-0.2, -0.15) is 4.80 Å². The Bertz CT molecular complexity index is 787. The first-order valence-corrected chi connectivity index (χ1v) is 7.20. The Morgan fingerprint density at radius 2 is 2.05 bits per heavy atom. The van der Waals surface area contributed by atoms with Crippen molar-refractivity contribution in [3.8, 4) is 5.69 Å². The number of nitrogen functional groups attached to an aromatic ring is 1. The van der Waals surface area contributed by atoms with Crippen LogP contribution in [0.4, 0.5) is 10.1 Å². The summed E-state index contributed by atoms with van der Waals surface area (Å²) in [5.74, 6) is -0.505. The molecule has 0 aliphatic heterocycles. The van der Waals surface area contributed by atoms with E-state index in [2.05, 4.69) is 48.7 Å². The van der Waals surface area contributed by atoms with E-state index in [1.807, 2.05) is 24.3 Å². The van der Waals surface area contributed by atoms with Gasteiger partial charge in [-0.1, -0.05) is 6.07 Å². The molecular weight excluding hydrogens is 426 g/mol. The summed E-state index contributed by atoms with van der Waals surface area (Å²) in [4.78, 5) is 1.47. The number of anilines is 1. The van der Waals surface area contributed by atoms with Crippen LogP contribution in [-0.4, -0.2) is 15.0 Å². The van der Waals surface area contributed by atoms with Gasteiger partial charge in [0.1, 0.15) is 16.9 Å². The molecule has 0 spiro atoms. The van der Waals surface area contributed by atoms with Crippen LogP contribution in [0.15, 0.2) is 34.8 Å². The highest BCUT2D eigenvalue weighted by Gasteiger charge is 2.14. The molecule has 3 rings (SSSR count). The molecule has 2 N–H and O–H groups in total. The van der Waals surface area contributed by atoms with Crippen molar-refractivity contribution < 1.29 is 4.39 Å². The SMILES string of the molecule is Nc1c(F)cc2nn(-c3cccc(I)c3)nc2c1Br. The summed E-state index contributed by atoms with van der Waals surface area (Å²) in [5, 5.41) is 8.60. The van der Waals surface area contributed by atoms with E-state index in [1.165, 1.54) is 10.9 Å². The van der Waals surface area contributed by atoms with Gasteiger partial charge in [0.25, 0.3) is 0 Å². The van der Waals surface area contributed by atoms with Crippen LogP contribution in [0.2, 0.25) is 0 Å². The van der Waals surface area contributed by atoms with Crippen molar-refractivity contribution in [2.45, 2.75) is 0 Å². The summed E-state index contributed by atoms with van der Waals surface area (Å²) in [7, 11) is 0. The van der Waals surface area contributed by atoms with Crippen molar-refractivity contribution in [1.82, 2.24) is 15.0 Å². The molecular formula is C12H7BrFIN4. The number of nitrogens with two attached hydrogens (primary N) is 1. The topological polar surface area (TPSA) is 56.7 Å². The van der Waals surface area contributed by atoms with Gasteiger partial charge in [-0.05, 0) is 56.7 Å². The molecule has 0 amide bonds. The van der Waals surface area contributed by atoms with Crippen LogP contribution in [0, 0.1) is 9.39 Å². The lowest BCUT2D eigenvalue weighted by atomic mass is 10.3. The van der Waals surface area contributed by atoms with Crippen LogP contribution >= 0.6 is 38.5 Å². The lowest BCUT2D eigenvalue weighted by Gasteiger charge is -1.99. The van der Waals surface area contributed by atoms with Crippen LogP contribution in [0.3, 0.4) is 0 Å². The fraction of sp³-hybridized carbons (Fsp3) is 0. The lowest BCUT2D eigenvalue weighted by Crippen LogP contribution is -1.98. The minimum Gasteiger partial charge on any atom is -0.395 e. The second-order valence-corrected chi connectivity index (χ2v) is 5.96. The zero-order valence-electron chi connectivity index (χ0n) is 9.44. The van der Waals surface area contributed by atoms with E-state index in [1.54, 1.807) is 0 Å². The van der Waals surface area contributed by atoms with Gasteiger partial charge in [0.2, 0.25) is 0 Å². The predicted octanol–water partition coefficient (Wildman–Crippen LogP) is 3.51. The number of aromatic nitrogens is 3. The number of halogens is 3. The van der Waals surface area contributed by atoms with Crippen LogP contribution < -0.4 is 5.73 Å². The first-order valence-electron chi connectivity index (χ1n) is 5.33. The second kappa shape index (κ2) is 4.71. The van der Waals surface area contributed by atoms with Gasteiger partial charge in [-0.3, -0.25) is 0 Å². The molecule has 0 saturated carbocycles. The third kappa shape index (κ3) is 2.20. The zero-order valence-corrected chi connectivity index (χ0v) is 13.2. The summed E-state index contributed by atoms with van der Waals surface area (Å²) in [6.45, 7) is 0. The molecule has 0 aliphatic rings. The van der Waals surface area contributed by atoms with Crippen LogP contribution in [0.1, 0.15) is 0 Å². The largest absolute Gasteiger partial charge is 0.395 e. The molecule has 0 saturated heterocycles. The van der Waals surface area contributed by atoms with Crippen molar-refractivity contribution in [3.63, 3.8) is 0 Å². The number of benzene rings is 2. The lowest BCUT2D eigenvalue weighted by molar-refractivity contribution is 0.633. The number of fused-ring (bicyclic) bond motifs is 1. The summed E-state index contributed by atoms with van der Waals surface area (Å²) in [6.07, 6.45) is 0. The van der Waals surface area contributed by atoms with E-state index in [0.717, 1.165) is 9.26 Å². The average Bonchev–Trinajstić information content (AvgIpc) is 2.80. The summed E-state index contributed by atoms with van der Waals surface area (Å²) < 4.78 is 15.1.